The number of ketones is 1. The maximum atomic E-state index is 12.0. The van der Waals surface area contributed by atoms with Crippen LogP contribution in [0.15, 0.2) is 18.2 Å². The van der Waals surface area contributed by atoms with Gasteiger partial charge in [0.05, 0.1) is 23.6 Å². The van der Waals surface area contributed by atoms with Crippen LogP contribution >= 0.6 is 15.9 Å². The predicted octanol–water partition coefficient (Wildman–Crippen LogP) is 3.45. The van der Waals surface area contributed by atoms with Crippen molar-refractivity contribution in [3.63, 3.8) is 0 Å². The highest BCUT2D eigenvalue weighted by Crippen LogP contribution is 2.27. The summed E-state index contributed by atoms with van der Waals surface area (Å²) in [5, 5.41) is 0. The number of Topliss-reactive ketones (excluding diaryl/α,β-unsaturated/α-hetero) is 1. The van der Waals surface area contributed by atoms with Crippen LogP contribution in [0.1, 0.15) is 31.1 Å². The lowest BCUT2D eigenvalue weighted by atomic mass is 10.1. The smallest absolute Gasteiger partial charge is 0.180 e. The van der Waals surface area contributed by atoms with E-state index in [1.807, 2.05) is 19.9 Å². The number of alkyl halides is 1. The molecular weight excluding hydrogens is 284 g/mol. The minimum Gasteiger partial charge on any atom is -0.494 e. The topological polar surface area (TPSA) is 35.5 Å². The van der Waals surface area contributed by atoms with Crippen LogP contribution in [0, 0.1) is 0 Å². The molecule has 0 aliphatic heterocycles. The van der Waals surface area contributed by atoms with Crippen molar-refractivity contribution in [2.45, 2.75) is 25.6 Å². The second kappa shape index (κ2) is 6.64. The fourth-order valence-corrected chi connectivity index (χ4v) is 1.70. The molecule has 94 valence electrons. The number of rotatable bonds is 6. The fourth-order valence-electron chi connectivity index (χ4n) is 1.45. The molecule has 1 unspecified atom stereocenters. The Hall–Kier alpha value is -1.03. The summed E-state index contributed by atoms with van der Waals surface area (Å²) in [5.74, 6) is 1.29. The Morgan fingerprint density at radius 3 is 2.47 bits per heavy atom. The molecule has 1 rings (SSSR count). The summed E-state index contributed by atoms with van der Waals surface area (Å²) in [5.41, 5.74) is 0.558. The molecule has 0 spiro atoms. The maximum Gasteiger partial charge on any atom is 0.180 e. The highest BCUT2D eigenvalue weighted by Gasteiger charge is 2.18. The van der Waals surface area contributed by atoms with Crippen LogP contribution in [-0.2, 0) is 0 Å². The molecule has 0 aliphatic rings. The molecule has 0 N–H and O–H groups in total. The molecule has 1 aromatic carbocycles. The summed E-state index contributed by atoms with van der Waals surface area (Å²) in [6.07, 6.45) is 0. The number of halogens is 1. The summed E-state index contributed by atoms with van der Waals surface area (Å²) >= 11 is 3.28. The molecule has 0 aliphatic carbocycles. The second-order valence-corrected chi connectivity index (χ2v) is 4.88. The maximum absolute atomic E-state index is 12.0. The summed E-state index contributed by atoms with van der Waals surface area (Å²) in [6, 6.07) is 5.32. The van der Waals surface area contributed by atoms with E-state index in [1.165, 1.54) is 0 Å². The van der Waals surface area contributed by atoms with Crippen molar-refractivity contribution in [1.29, 1.82) is 0 Å². The molecule has 0 fully saturated rings. The fraction of sp³-hybridized carbons (Fsp3) is 0.462. The summed E-state index contributed by atoms with van der Waals surface area (Å²) < 4.78 is 10.8. The second-order valence-electron chi connectivity index (χ2n) is 3.50. The van der Waals surface area contributed by atoms with E-state index in [2.05, 4.69) is 15.9 Å². The zero-order valence-electron chi connectivity index (χ0n) is 10.3. The monoisotopic (exact) mass is 300 g/mol. The highest BCUT2D eigenvalue weighted by atomic mass is 79.9. The first kappa shape index (κ1) is 14.0. The van der Waals surface area contributed by atoms with Gasteiger partial charge in [0.15, 0.2) is 5.78 Å². The molecular formula is C13H17BrO3. The number of hydrogen-bond donors (Lipinski definition) is 0. The van der Waals surface area contributed by atoms with Gasteiger partial charge < -0.3 is 9.47 Å². The SMILES string of the molecule is CCOc1ccc(OCC)c(C(=O)C(C)Br)c1. The Balaban J connectivity index is 3.10. The molecule has 0 bridgehead atoms. The van der Waals surface area contributed by atoms with Crippen LogP contribution in [0.5, 0.6) is 11.5 Å². The Labute approximate surface area is 110 Å². The third kappa shape index (κ3) is 3.73. The Morgan fingerprint density at radius 2 is 1.94 bits per heavy atom. The molecule has 0 radical (unpaired) electrons. The third-order valence-corrected chi connectivity index (χ3v) is 2.60. The molecule has 0 heterocycles. The number of ether oxygens (including phenoxy) is 2. The normalized spacial score (nSPS) is 12.0. The zero-order chi connectivity index (χ0) is 12.8. The zero-order valence-corrected chi connectivity index (χ0v) is 11.9. The van der Waals surface area contributed by atoms with E-state index in [9.17, 15) is 4.79 Å². The average molecular weight is 301 g/mol. The third-order valence-electron chi connectivity index (χ3n) is 2.19. The van der Waals surface area contributed by atoms with E-state index in [-0.39, 0.29) is 10.6 Å². The first-order valence-electron chi connectivity index (χ1n) is 5.68. The van der Waals surface area contributed by atoms with Crippen LogP contribution in [0.2, 0.25) is 0 Å². The number of hydrogen-bond acceptors (Lipinski definition) is 3. The quantitative estimate of drug-likeness (QED) is 0.596. The van der Waals surface area contributed by atoms with Gasteiger partial charge in [-0.2, -0.15) is 0 Å². The highest BCUT2D eigenvalue weighted by molar-refractivity contribution is 9.10. The van der Waals surface area contributed by atoms with Gasteiger partial charge in [-0.25, -0.2) is 0 Å². The van der Waals surface area contributed by atoms with Crippen LogP contribution < -0.4 is 9.47 Å². The van der Waals surface area contributed by atoms with Crippen LogP contribution in [0.25, 0.3) is 0 Å². The Bertz CT molecular complexity index is 388. The van der Waals surface area contributed by atoms with Gasteiger partial charge in [-0.3, -0.25) is 4.79 Å². The van der Waals surface area contributed by atoms with Gasteiger partial charge in [-0.15, -0.1) is 0 Å². The molecule has 0 aromatic heterocycles. The lowest BCUT2D eigenvalue weighted by Gasteiger charge is -2.12. The van der Waals surface area contributed by atoms with E-state index in [1.54, 1.807) is 19.1 Å². The first-order chi connectivity index (χ1) is 8.10. The predicted molar refractivity (Wildman–Crippen MR) is 71.5 cm³/mol. The van der Waals surface area contributed by atoms with E-state index in [0.717, 1.165) is 0 Å². The molecule has 1 aromatic rings. The Kier molecular flexibility index (Phi) is 5.48. The first-order valence-corrected chi connectivity index (χ1v) is 6.59. The van der Waals surface area contributed by atoms with E-state index >= 15 is 0 Å². The van der Waals surface area contributed by atoms with E-state index in [4.69, 9.17) is 9.47 Å². The summed E-state index contributed by atoms with van der Waals surface area (Å²) in [7, 11) is 0. The van der Waals surface area contributed by atoms with Gasteiger partial charge in [0, 0.05) is 0 Å². The van der Waals surface area contributed by atoms with Gasteiger partial charge in [-0.05, 0) is 39.0 Å². The lowest BCUT2D eigenvalue weighted by molar-refractivity contribution is 0.0991. The number of carbonyl (C=O) groups excluding carboxylic acids is 1. The molecule has 0 saturated heterocycles. The largest absolute Gasteiger partial charge is 0.494 e. The van der Waals surface area contributed by atoms with Crippen molar-refractivity contribution in [2.75, 3.05) is 13.2 Å². The van der Waals surface area contributed by atoms with Crippen molar-refractivity contribution in [1.82, 2.24) is 0 Å². The molecule has 4 heteroatoms. The van der Waals surface area contributed by atoms with Crippen molar-refractivity contribution >= 4 is 21.7 Å². The van der Waals surface area contributed by atoms with Crippen molar-refractivity contribution in [3.05, 3.63) is 23.8 Å². The van der Waals surface area contributed by atoms with E-state index < -0.39 is 0 Å². The molecule has 17 heavy (non-hydrogen) atoms. The van der Waals surface area contributed by atoms with Crippen LogP contribution in [-0.4, -0.2) is 23.8 Å². The van der Waals surface area contributed by atoms with Crippen molar-refractivity contribution < 1.29 is 14.3 Å². The average Bonchev–Trinajstić information content (AvgIpc) is 2.30. The molecule has 0 amide bonds. The van der Waals surface area contributed by atoms with Crippen molar-refractivity contribution in [2.24, 2.45) is 0 Å². The molecule has 0 saturated carbocycles. The van der Waals surface area contributed by atoms with Gasteiger partial charge >= 0.3 is 0 Å². The van der Waals surface area contributed by atoms with Crippen LogP contribution in [0.4, 0.5) is 0 Å². The van der Waals surface area contributed by atoms with Crippen molar-refractivity contribution in [3.8, 4) is 11.5 Å². The minimum atomic E-state index is -0.237. The van der Waals surface area contributed by atoms with Gasteiger partial charge in [-0.1, -0.05) is 15.9 Å². The standard InChI is InChI=1S/C13H17BrO3/c1-4-16-10-6-7-12(17-5-2)11(8-10)13(15)9(3)14/h6-9H,4-5H2,1-3H3. The lowest BCUT2D eigenvalue weighted by Crippen LogP contribution is -2.12. The van der Waals surface area contributed by atoms with E-state index in [0.29, 0.717) is 30.3 Å². The minimum absolute atomic E-state index is 0.00463. The summed E-state index contributed by atoms with van der Waals surface area (Å²) in [6.45, 7) is 6.70. The molecule has 3 nitrogen and oxygen atoms in total. The number of benzene rings is 1. The summed E-state index contributed by atoms with van der Waals surface area (Å²) in [4.78, 5) is 11.8. The van der Waals surface area contributed by atoms with Gasteiger partial charge in [0.25, 0.3) is 0 Å². The Morgan fingerprint density at radius 1 is 1.29 bits per heavy atom. The van der Waals surface area contributed by atoms with Gasteiger partial charge in [0.2, 0.25) is 0 Å². The molecule has 1 atom stereocenters. The van der Waals surface area contributed by atoms with Gasteiger partial charge in [0.1, 0.15) is 11.5 Å². The number of carbonyl (C=O) groups is 1. The van der Waals surface area contributed by atoms with Crippen LogP contribution in [0.3, 0.4) is 0 Å².